The van der Waals surface area contributed by atoms with Gasteiger partial charge in [-0.05, 0) is 37.6 Å². The summed E-state index contributed by atoms with van der Waals surface area (Å²) in [7, 11) is 2.17. The minimum atomic E-state index is -0.981. The van der Waals surface area contributed by atoms with Gasteiger partial charge in [-0.1, -0.05) is 12.1 Å². The van der Waals surface area contributed by atoms with Gasteiger partial charge in [-0.15, -0.1) is 0 Å². The molecule has 0 atom stereocenters. The Morgan fingerprint density at radius 3 is 2.57 bits per heavy atom. The summed E-state index contributed by atoms with van der Waals surface area (Å²) in [6.45, 7) is 6.85. The first-order valence-electron chi connectivity index (χ1n) is 8.23. The quantitative estimate of drug-likeness (QED) is 0.711. The maximum atomic E-state index is 10.4. The fourth-order valence-corrected chi connectivity index (χ4v) is 2.62. The second-order valence-corrected chi connectivity index (χ2v) is 5.97. The van der Waals surface area contributed by atoms with E-state index in [0.29, 0.717) is 13.0 Å². The molecule has 2 rings (SSSR count). The Kier molecular flexibility index (Phi) is 7.16. The lowest BCUT2D eigenvalue weighted by molar-refractivity contribution is 0.145. The fourth-order valence-electron chi connectivity index (χ4n) is 2.62. The van der Waals surface area contributed by atoms with Crippen LogP contribution in [0, 0.1) is 0 Å². The molecule has 1 amide bonds. The van der Waals surface area contributed by atoms with E-state index in [2.05, 4.69) is 22.2 Å². The lowest BCUT2D eigenvalue weighted by Gasteiger charge is -2.32. The molecule has 0 aromatic heterocycles. The third-order valence-electron chi connectivity index (χ3n) is 4.10. The molecule has 0 radical (unpaired) electrons. The Labute approximate surface area is 138 Å². The average Bonchev–Trinajstić information content (AvgIpc) is 2.54. The van der Waals surface area contributed by atoms with Crippen molar-refractivity contribution in [2.24, 2.45) is 0 Å². The highest BCUT2D eigenvalue weighted by molar-refractivity contribution is 5.64. The molecule has 23 heavy (non-hydrogen) atoms. The molecule has 6 nitrogen and oxygen atoms in total. The summed E-state index contributed by atoms with van der Waals surface area (Å²) in [5.41, 5.74) is 1.10. The van der Waals surface area contributed by atoms with Crippen LogP contribution in [0.2, 0.25) is 0 Å². The number of carbonyl (C=O) groups is 1. The van der Waals surface area contributed by atoms with E-state index in [0.717, 1.165) is 57.1 Å². The van der Waals surface area contributed by atoms with Crippen molar-refractivity contribution in [3.05, 3.63) is 29.8 Å². The smallest absolute Gasteiger partial charge is 0.404 e. The molecule has 0 aliphatic carbocycles. The van der Waals surface area contributed by atoms with Gasteiger partial charge in [0.2, 0.25) is 0 Å². The van der Waals surface area contributed by atoms with Crippen LogP contribution >= 0.6 is 0 Å². The van der Waals surface area contributed by atoms with Gasteiger partial charge < -0.3 is 25.0 Å². The highest BCUT2D eigenvalue weighted by atomic mass is 16.5. The second-order valence-electron chi connectivity index (χ2n) is 5.97. The van der Waals surface area contributed by atoms with Gasteiger partial charge in [0.15, 0.2) is 0 Å². The molecule has 128 valence electrons. The standard InChI is InChI=1S/C17H27N3O3/c1-19-10-12-20(13-11-19)9-2-14-23-16-5-3-15(4-6-16)7-8-18-17(21)22/h3-6,18H,2,7-14H2,1H3,(H,21,22). The third-order valence-corrected chi connectivity index (χ3v) is 4.10. The molecule has 0 unspecified atom stereocenters. The van der Waals surface area contributed by atoms with Crippen LogP contribution in [-0.2, 0) is 6.42 Å². The van der Waals surface area contributed by atoms with Crippen molar-refractivity contribution >= 4 is 6.09 Å². The number of ether oxygens (including phenoxy) is 1. The molecule has 1 aromatic rings. The summed E-state index contributed by atoms with van der Waals surface area (Å²) >= 11 is 0. The predicted molar refractivity (Wildman–Crippen MR) is 90.2 cm³/mol. The zero-order chi connectivity index (χ0) is 16.5. The summed E-state index contributed by atoms with van der Waals surface area (Å²) < 4.78 is 5.77. The van der Waals surface area contributed by atoms with E-state index in [1.807, 2.05) is 24.3 Å². The Bertz CT molecular complexity index is 470. The van der Waals surface area contributed by atoms with Crippen LogP contribution < -0.4 is 10.1 Å². The molecule has 1 fully saturated rings. The maximum Gasteiger partial charge on any atom is 0.404 e. The molecule has 1 aliphatic rings. The number of carboxylic acid groups (broad SMARTS) is 1. The van der Waals surface area contributed by atoms with Crippen LogP contribution in [0.25, 0.3) is 0 Å². The summed E-state index contributed by atoms with van der Waals surface area (Å²) in [6.07, 6.45) is 0.745. The minimum absolute atomic E-state index is 0.431. The zero-order valence-corrected chi connectivity index (χ0v) is 13.8. The molecule has 1 heterocycles. The number of rotatable bonds is 8. The molecule has 0 bridgehead atoms. The highest BCUT2D eigenvalue weighted by Gasteiger charge is 2.12. The first kappa shape index (κ1) is 17.6. The minimum Gasteiger partial charge on any atom is -0.494 e. The number of nitrogens with one attached hydrogen (secondary N) is 1. The van der Waals surface area contributed by atoms with Gasteiger partial charge in [-0.2, -0.15) is 0 Å². The van der Waals surface area contributed by atoms with E-state index >= 15 is 0 Å². The SMILES string of the molecule is CN1CCN(CCCOc2ccc(CCNC(=O)O)cc2)CC1. The van der Waals surface area contributed by atoms with E-state index in [9.17, 15) is 4.79 Å². The Morgan fingerprint density at radius 2 is 1.91 bits per heavy atom. The fraction of sp³-hybridized carbons (Fsp3) is 0.588. The van der Waals surface area contributed by atoms with Gasteiger partial charge in [0, 0.05) is 39.3 Å². The van der Waals surface area contributed by atoms with Gasteiger partial charge in [0.25, 0.3) is 0 Å². The van der Waals surface area contributed by atoms with Gasteiger partial charge in [0.05, 0.1) is 6.61 Å². The molecule has 1 aromatic carbocycles. The Balaban J connectivity index is 1.59. The number of piperazine rings is 1. The van der Waals surface area contributed by atoms with Crippen LogP contribution in [0.5, 0.6) is 5.75 Å². The average molecular weight is 321 g/mol. The molecule has 6 heteroatoms. The highest BCUT2D eigenvalue weighted by Crippen LogP contribution is 2.13. The van der Waals surface area contributed by atoms with E-state index < -0.39 is 6.09 Å². The molecule has 0 spiro atoms. The van der Waals surface area contributed by atoms with Crippen LogP contribution in [0.1, 0.15) is 12.0 Å². The number of amides is 1. The molecule has 2 N–H and O–H groups in total. The molecule has 1 saturated heterocycles. The monoisotopic (exact) mass is 321 g/mol. The van der Waals surface area contributed by atoms with E-state index in [1.54, 1.807) is 0 Å². The number of hydrogen-bond acceptors (Lipinski definition) is 4. The summed E-state index contributed by atoms with van der Waals surface area (Å²) in [6, 6.07) is 7.87. The Hall–Kier alpha value is -1.79. The molecular formula is C17H27N3O3. The lowest BCUT2D eigenvalue weighted by Crippen LogP contribution is -2.44. The summed E-state index contributed by atoms with van der Waals surface area (Å²) in [5.74, 6) is 0.873. The van der Waals surface area contributed by atoms with Crippen LogP contribution in [0.4, 0.5) is 4.79 Å². The maximum absolute atomic E-state index is 10.4. The normalized spacial score (nSPS) is 16.2. The predicted octanol–water partition coefficient (Wildman–Crippen LogP) is 1.51. The van der Waals surface area contributed by atoms with E-state index in [4.69, 9.17) is 9.84 Å². The van der Waals surface area contributed by atoms with Crippen molar-refractivity contribution in [2.75, 3.05) is 52.9 Å². The Morgan fingerprint density at radius 1 is 1.22 bits per heavy atom. The van der Waals surface area contributed by atoms with Crippen molar-refractivity contribution in [2.45, 2.75) is 12.8 Å². The van der Waals surface area contributed by atoms with Crippen molar-refractivity contribution in [3.63, 3.8) is 0 Å². The van der Waals surface area contributed by atoms with Crippen molar-refractivity contribution in [1.29, 1.82) is 0 Å². The number of nitrogens with zero attached hydrogens (tertiary/aromatic N) is 2. The second kappa shape index (κ2) is 9.37. The molecule has 1 aliphatic heterocycles. The number of hydrogen-bond donors (Lipinski definition) is 2. The number of benzene rings is 1. The first-order valence-corrected chi connectivity index (χ1v) is 8.23. The topological polar surface area (TPSA) is 65.0 Å². The van der Waals surface area contributed by atoms with Gasteiger partial charge >= 0.3 is 6.09 Å². The van der Waals surface area contributed by atoms with Gasteiger partial charge in [-0.3, -0.25) is 0 Å². The molecule has 0 saturated carbocycles. The first-order chi connectivity index (χ1) is 11.1. The number of likely N-dealkylation sites (N-methyl/N-ethyl adjacent to an activating group) is 1. The van der Waals surface area contributed by atoms with Crippen molar-refractivity contribution < 1.29 is 14.6 Å². The van der Waals surface area contributed by atoms with Crippen LogP contribution in [0.15, 0.2) is 24.3 Å². The summed E-state index contributed by atoms with van der Waals surface area (Å²) in [4.78, 5) is 15.2. The lowest BCUT2D eigenvalue weighted by atomic mass is 10.1. The largest absolute Gasteiger partial charge is 0.494 e. The molecular weight excluding hydrogens is 294 g/mol. The van der Waals surface area contributed by atoms with Gasteiger partial charge in [-0.25, -0.2) is 4.79 Å². The third kappa shape index (κ3) is 6.88. The van der Waals surface area contributed by atoms with Gasteiger partial charge in [0.1, 0.15) is 5.75 Å². The van der Waals surface area contributed by atoms with E-state index in [1.165, 1.54) is 0 Å². The van der Waals surface area contributed by atoms with E-state index in [-0.39, 0.29) is 0 Å². The summed E-state index contributed by atoms with van der Waals surface area (Å²) in [5, 5.41) is 10.9. The zero-order valence-electron chi connectivity index (χ0n) is 13.8. The van der Waals surface area contributed by atoms with Crippen molar-refractivity contribution in [3.8, 4) is 5.75 Å². The van der Waals surface area contributed by atoms with Crippen LogP contribution in [0.3, 0.4) is 0 Å². The van der Waals surface area contributed by atoms with Crippen LogP contribution in [-0.4, -0.2) is 73.9 Å². The van der Waals surface area contributed by atoms with Crippen molar-refractivity contribution in [1.82, 2.24) is 15.1 Å².